The maximum atomic E-state index is 11.9. The van der Waals surface area contributed by atoms with E-state index in [0.29, 0.717) is 17.9 Å². The highest BCUT2D eigenvalue weighted by Gasteiger charge is 2.05. The van der Waals surface area contributed by atoms with Gasteiger partial charge in [-0.25, -0.2) is 5.43 Å². The van der Waals surface area contributed by atoms with Crippen LogP contribution in [0.2, 0.25) is 0 Å². The highest BCUT2D eigenvalue weighted by Crippen LogP contribution is 2.26. The van der Waals surface area contributed by atoms with E-state index in [4.69, 9.17) is 14.2 Å². The molecule has 0 bridgehead atoms. The van der Waals surface area contributed by atoms with Crippen LogP contribution < -0.4 is 19.6 Å². The molecule has 2 rings (SSSR count). The molecule has 1 N–H and O–H groups in total. The fraction of sp³-hybridized carbons (Fsp3) is 0.333. The van der Waals surface area contributed by atoms with E-state index in [1.807, 2.05) is 31.2 Å². The van der Waals surface area contributed by atoms with Gasteiger partial charge in [-0.05, 0) is 66.8 Å². The smallest absolute Gasteiger partial charge is 0.240 e. The van der Waals surface area contributed by atoms with Gasteiger partial charge in [-0.2, -0.15) is 5.10 Å². The molecule has 0 heterocycles. The van der Waals surface area contributed by atoms with Crippen molar-refractivity contribution >= 4 is 12.1 Å². The van der Waals surface area contributed by atoms with Crippen LogP contribution in [0.4, 0.5) is 0 Å². The van der Waals surface area contributed by atoms with Crippen LogP contribution in [0.3, 0.4) is 0 Å². The molecule has 0 radical (unpaired) electrons. The van der Waals surface area contributed by atoms with Crippen molar-refractivity contribution in [3.8, 4) is 17.2 Å². The number of hydrogen-bond acceptors (Lipinski definition) is 5. The molecule has 27 heavy (non-hydrogen) atoms. The van der Waals surface area contributed by atoms with Crippen molar-refractivity contribution < 1.29 is 19.0 Å². The van der Waals surface area contributed by atoms with Crippen LogP contribution >= 0.6 is 0 Å². The summed E-state index contributed by atoms with van der Waals surface area (Å²) < 4.78 is 15.6. The average Bonchev–Trinajstić information content (AvgIpc) is 2.69. The number of methoxy groups -OCH3 is 3. The van der Waals surface area contributed by atoms with E-state index < -0.39 is 0 Å². The zero-order chi connectivity index (χ0) is 19.6. The lowest BCUT2D eigenvalue weighted by molar-refractivity contribution is -0.121. The van der Waals surface area contributed by atoms with Crippen LogP contribution in [0.5, 0.6) is 17.2 Å². The molecular weight excluding hydrogens is 344 g/mol. The number of nitrogens with one attached hydrogen (secondary N) is 1. The molecule has 0 aliphatic heterocycles. The molecule has 0 spiro atoms. The number of amides is 1. The number of aryl methyl sites for hydroxylation is 2. The van der Waals surface area contributed by atoms with Crippen molar-refractivity contribution in [2.75, 3.05) is 21.3 Å². The Kier molecular flexibility index (Phi) is 7.67. The molecule has 0 aliphatic carbocycles. The number of nitrogens with zero attached hydrogens (tertiary/aromatic N) is 1. The third-order valence-electron chi connectivity index (χ3n) is 4.21. The van der Waals surface area contributed by atoms with E-state index in [0.717, 1.165) is 24.2 Å². The van der Waals surface area contributed by atoms with E-state index in [9.17, 15) is 4.79 Å². The summed E-state index contributed by atoms with van der Waals surface area (Å²) in [5, 5.41) is 4.00. The van der Waals surface area contributed by atoms with Gasteiger partial charge >= 0.3 is 0 Å². The Hall–Kier alpha value is -3.02. The Morgan fingerprint density at radius 2 is 1.81 bits per heavy atom. The summed E-state index contributed by atoms with van der Waals surface area (Å²) in [7, 11) is 4.81. The number of rotatable bonds is 9. The van der Waals surface area contributed by atoms with Gasteiger partial charge in [0.05, 0.1) is 27.5 Å². The van der Waals surface area contributed by atoms with Gasteiger partial charge in [0.2, 0.25) is 5.91 Å². The first kappa shape index (κ1) is 20.3. The largest absolute Gasteiger partial charge is 0.497 e. The van der Waals surface area contributed by atoms with Crippen LogP contribution in [-0.2, 0) is 11.2 Å². The second kappa shape index (κ2) is 10.2. The van der Waals surface area contributed by atoms with Gasteiger partial charge in [0.15, 0.2) is 11.5 Å². The molecule has 0 atom stereocenters. The minimum absolute atomic E-state index is 0.113. The zero-order valence-electron chi connectivity index (χ0n) is 16.2. The molecule has 0 aromatic heterocycles. The molecule has 1 amide bonds. The molecule has 2 aromatic rings. The quantitative estimate of drug-likeness (QED) is 0.542. The van der Waals surface area contributed by atoms with Gasteiger partial charge in [0, 0.05) is 6.42 Å². The minimum atomic E-state index is -0.113. The molecule has 0 aliphatic rings. The van der Waals surface area contributed by atoms with Gasteiger partial charge in [-0.15, -0.1) is 0 Å². The molecule has 2 aromatic carbocycles. The van der Waals surface area contributed by atoms with Crippen molar-refractivity contribution in [2.24, 2.45) is 5.10 Å². The molecule has 0 unspecified atom stereocenters. The number of carbonyl (C=O) groups excluding carboxylic acids is 1. The predicted molar refractivity (Wildman–Crippen MR) is 106 cm³/mol. The Labute approximate surface area is 160 Å². The van der Waals surface area contributed by atoms with E-state index in [1.165, 1.54) is 11.1 Å². The van der Waals surface area contributed by atoms with Crippen molar-refractivity contribution in [3.63, 3.8) is 0 Å². The zero-order valence-corrected chi connectivity index (χ0v) is 16.2. The van der Waals surface area contributed by atoms with Gasteiger partial charge < -0.3 is 14.2 Å². The number of hydrazone groups is 1. The van der Waals surface area contributed by atoms with Crippen LogP contribution in [0, 0.1) is 6.92 Å². The number of benzene rings is 2. The van der Waals surface area contributed by atoms with Crippen LogP contribution in [0.1, 0.15) is 29.5 Å². The first-order valence-corrected chi connectivity index (χ1v) is 8.74. The van der Waals surface area contributed by atoms with Crippen molar-refractivity contribution in [1.29, 1.82) is 0 Å². The standard InChI is InChI=1S/C21H26N2O4/c1-15-12-18(25-2)10-9-17(15)6-5-7-21(24)23-22-14-16-8-11-19(26-3)20(13-16)27-4/h8-14H,5-7H2,1-4H3,(H,23,24)/b22-14-. The van der Waals surface area contributed by atoms with E-state index in [-0.39, 0.29) is 5.91 Å². The van der Waals surface area contributed by atoms with Gasteiger partial charge in [0.25, 0.3) is 0 Å². The summed E-state index contributed by atoms with van der Waals surface area (Å²) in [4.78, 5) is 11.9. The SMILES string of the molecule is COc1ccc(CCCC(=O)N/N=C\c2ccc(OC)c(OC)c2)c(C)c1. The first-order valence-electron chi connectivity index (χ1n) is 8.74. The van der Waals surface area contributed by atoms with Crippen LogP contribution in [-0.4, -0.2) is 33.5 Å². The second-order valence-electron chi connectivity index (χ2n) is 6.05. The summed E-state index contributed by atoms with van der Waals surface area (Å²) in [6.07, 6.45) is 3.58. The fourth-order valence-electron chi connectivity index (χ4n) is 2.68. The summed E-state index contributed by atoms with van der Waals surface area (Å²) in [6, 6.07) is 11.4. The highest BCUT2D eigenvalue weighted by atomic mass is 16.5. The van der Waals surface area contributed by atoms with Crippen molar-refractivity contribution in [1.82, 2.24) is 5.43 Å². The fourth-order valence-corrected chi connectivity index (χ4v) is 2.68. The molecular formula is C21H26N2O4. The molecule has 6 nitrogen and oxygen atoms in total. The lowest BCUT2D eigenvalue weighted by atomic mass is 10.0. The van der Waals surface area contributed by atoms with E-state index in [1.54, 1.807) is 39.7 Å². The van der Waals surface area contributed by atoms with Gasteiger partial charge in [-0.3, -0.25) is 4.79 Å². The normalized spacial score (nSPS) is 10.7. The highest BCUT2D eigenvalue weighted by molar-refractivity contribution is 5.83. The number of ether oxygens (including phenoxy) is 3. The van der Waals surface area contributed by atoms with Crippen molar-refractivity contribution in [3.05, 3.63) is 53.1 Å². The van der Waals surface area contributed by atoms with Gasteiger partial charge in [0.1, 0.15) is 5.75 Å². The van der Waals surface area contributed by atoms with Crippen molar-refractivity contribution in [2.45, 2.75) is 26.2 Å². The Morgan fingerprint density at radius 1 is 1.04 bits per heavy atom. The molecule has 0 fully saturated rings. The number of carbonyl (C=O) groups is 1. The summed E-state index contributed by atoms with van der Waals surface area (Å²) in [5.74, 6) is 1.99. The first-order chi connectivity index (χ1) is 13.1. The minimum Gasteiger partial charge on any atom is -0.497 e. The van der Waals surface area contributed by atoms with Crippen LogP contribution in [0.15, 0.2) is 41.5 Å². The van der Waals surface area contributed by atoms with Gasteiger partial charge in [-0.1, -0.05) is 6.07 Å². The molecule has 6 heteroatoms. The second-order valence-corrected chi connectivity index (χ2v) is 6.05. The third kappa shape index (κ3) is 6.02. The summed E-state index contributed by atoms with van der Waals surface area (Å²) >= 11 is 0. The third-order valence-corrected chi connectivity index (χ3v) is 4.21. The molecule has 144 valence electrons. The monoisotopic (exact) mass is 370 g/mol. The topological polar surface area (TPSA) is 69.2 Å². The van der Waals surface area contributed by atoms with Crippen LogP contribution in [0.25, 0.3) is 0 Å². The Bertz CT molecular complexity index is 803. The predicted octanol–water partition coefficient (Wildman–Crippen LogP) is 3.49. The average molecular weight is 370 g/mol. The molecule has 0 saturated heterocycles. The number of hydrogen-bond donors (Lipinski definition) is 1. The maximum Gasteiger partial charge on any atom is 0.240 e. The van der Waals surface area contributed by atoms with E-state index in [2.05, 4.69) is 10.5 Å². The Balaban J connectivity index is 1.80. The molecule has 0 saturated carbocycles. The van der Waals surface area contributed by atoms with E-state index >= 15 is 0 Å². The Morgan fingerprint density at radius 3 is 2.48 bits per heavy atom. The summed E-state index contributed by atoms with van der Waals surface area (Å²) in [6.45, 7) is 2.05. The summed E-state index contributed by atoms with van der Waals surface area (Å²) in [5.41, 5.74) is 5.75. The maximum absolute atomic E-state index is 11.9. The lowest BCUT2D eigenvalue weighted by Crippen LogP contribution is -2.17. The lowest BCUT2D eigenvalue weighted by Gasteiger charge is -2.08.